The molecule has 1 spiro atoms. The molecule has 55 heavy (non-hydrogen) atoms. The Morgan fingerprint density at radius 1 is 0.255 bits per heavy atom. The van der Waals surface area contributed by atoms with E-state index in [4.69, 9.17) is 0 Å². The second kappa shape index (κ2) is 10.6. The lowest BCUT2D eigenvalue weighted by Crippen LogP contribution is -2.26. The quantitative estimate of drug-likeness (QED) is 0.150. The number of hydrogen-bond donors (Lipinski definition) is 0. The highest BCUT2D eigenvalue weighted by molar-refractivity contribution is 6.26. The third-order valence-corrected chi connectivity index (χ3v) is 13.0. The number of hydrogen-bond acceptors (Lipinski definition) is 0. The zero-order valence-electron chi connectivity index (χ0n) is 30.0. The molecule has 0 atom stereocenters. The van der Waals surface area contributed by atoms with Crippen LogP contribution in [0.1, 0.15) is 22.3 Å². The minimum Gasteiger partial charge on any atom is -0.0619 e. The molecule has 0 aromatic heterocycles. The Balaban J connectivity index is 1.17. The van der Waals surface area contributed by atoms with Crippen LogP contribution < -0.4 is 0 Å². The number of rotatable bonds is 1. The van der Waals surface area contributed by atoms with Gasteiger partial charge in [-0.05, 0) is 132 Å². The molecule has 252 valence electrons. The molecule has 11 aromatic carbocycles. The van der Waals surface area contributed by atoms with E-state index in [1.807, 2.05) is 0 Å². The summed E-state index contributed by atoms with van der Waals surface area (Å²) in [6, 6.07) is 73.3. The van der Waals surface area contributed by atoms with Gasteiger partial charge in [0, 0.05) is 0 Å². The largest absolute Gasteiger partial charge is 0.0737 e. The van der Waals surface area contributed by atoms with Crippen molar-refractivity contribution in [1.82, 2.24) is 0 Å². The van der Waals surface area contributed by atoms with Crippen molar-refractivity contribution >= 4 is 64.6 Å². The smallest absolute Gasteiger partial charge is 0.0619 e. The Labute approximate surface area is 318 Å². The fourth-order valence-corrected chi connectivity index (χ4v) is 10.9. The third-order valence-electron chi connectivity index (χ3n) is 13.0. The lowest BCUT2D eigenvalue weighted by molar-refractivity contribution is 0.809. The summed E-state index contributed by atoms with van der Waals surface area (Å²) >= 11 is 0. The van der Waals surface area contributed by atoms with Crippen molar-refractivity contribution in [2.24, 2.45) is 0 Å². The van der Waals surface area contributed by atoms with Gasteiger partial charge in [0.2, 0.25) is 0 Å². The molecule has 0 fully saturated rings. The van der Waals surface area contributed by atoms with Gasteiger partial charge in [-0.2, -0.15) is 0 Å². The third kappa shape index (κ3) is 3.62. The predicted octanol–water partition coefficient (Wildman–Crippen LogP) is 14.6. The molecule has 0 aliphatic heterocycles. The van der Waals surface area contributed by atoms with E-state index in [2.05, 4.69) is 194 Å². The average molecular weight is 693 g/mol. The minimum atomic E-state index is -0.467. The van der Waals surface area contributed by atoms with Crippen LogP contribution >= 0.6 is 0 Å². The van der Waals surface area contributed by atoms with Gasteiger partial charge in [0.15, 0.2) is 0 Å². The van der Waals surface area contributed by atoms with Crippen LogP contribution in [0.25, 0.3) is 98.0 Å². The molecular formula is C55H32. The number of benzene rings is 11. The van der Waals surface area contributed by atoms with Crippen LogP contribution in [0.3, 0.4) is 0 Å². The maximum atomic E-state index is 2.48. The van der Waals surface area contributed by atoms with E-state index in [1.165, 1.54) is 120 Å². The zero-order chi connectivity index (χ0) is 35.8. The van der Waals surface area contributed by atoms with Gasteiger partial charge in [0.1, 0.15) is 0 Å². The van der Waals surface area contributed by atoms with E-state index in [0.717, 1.165) is 0 Å². The standard InChI is InChI=1S/C55H32/c1-2-14-36-33(13-1)25-30-47-52-45-22-8-7-19-41(45)49-32-35(34-26-28-42-39-17-4-3-15-37(39)38-16-5-6-18-40(38)48(42)31-34)27-29-46(49)54(52)55(53(36)47)50-23-11-9-20-43(50)44-21-10-12-24-51(44)55/h1-32H. The lowest BCUT2D eigenvalue weighted by atomic mass is 9.68. The van der Waals surface area contributed by atoms with Gasteiger partial charge >= 0.3 is 0 Å². The molecule has 0 heterocycles. The summed E-state index contributed by atoms with van der Waals surface area (Å²) < 4.78 is 0. The number of fused-ring (bicyclic) bond motifs is 23. The van der Waals surface area contributed by atoms with Gasteiger partial charge in [-0.3, -0.25) is 0 Å². The van der Waals surface area contributed by atoms with Crippen molar-refractivity contribution in [3.05, 3.63) is 216 Å². The van der Waals surface area contributed by atoms with Gasteiger partial charge in [-0.15, -0.1) is 0 Å². The van der Waals surface area contributed by atoms with E-state index in [0.29, 0.717) is 0 Å². The molecule has 2 aliphatic rings. The molecule has 0 amide bonds. The Kier molecular flexibility index (Phi) is 5.65. The highest BCUT2D eigenvalue weighted by Gasteiger charge is 2.53. The first kappa shape index (κ1) is 29.4. The van der Waals surface area contributed by atoms with Crippen molar-refractivity contribution < 1.29 is 0 Å². The Morgan fingerprint density at radius 2 is 0.691 bits per heavy atom. The summed E-state index contributed by atoms with van der Waals surface area (Å²) in [5.74, 6) is 0. The normalized spacial score (nSPS) is 13.6. The molecule has 0 bridgehead atoms. The summed E-state index contributed by atoms with van der Waals surface area (Å²) in [7, 11) is 0. The molecule has 0 heteroatoms. The van der Waals surface area contributed by atoms with Crippen LogP contribution in [-0.4, -0.2) is 0 Å². The molecular weight excluding hydrogens is 661 g/mol. The monoisotopic (exact) mass is 692 g/mol. The Morgan fingerprint density at radius 3 is 1.31 bits per heavy atom. The van der Waals surface area contributed by atoms with Gasteiger partial charge in [0.25, 0.3) is 0 Å². The fourth-order valence-electron chi connectivity index (χ4n) is 10.9. The fraction of sp³-hybridized carbons (Fsp3) is 0.0182. The van der Waals surface area contributed by atoms with E-state index in [9.17, 15) is 0 Å². The van der Waals surface area contributed by atoms with Crippen LogP contribution in [0.4, 0.5) is 0 Å². The second-order valence-electron chi connectivity index (χ2n) is 15.5. The summed E-state index contributed by atoms with van der Waals surface area (Å²) in [6.07, 6.45) is 0. The van der Waals surface area contributed by atoms with Crippen molar-refractivity contribution in [3.63, 3.8) is 0 Å². The lowest BCUT2D eigenvalue weighted by Gasteiger charge is -2.32. The molecule has 0 unspecified atom stereocenters. The molecule has 11 aromatic rings. The van der Waals surface area contributed by atoms with E-state index < -0.39 is 5.41 Å². The zero-order valence-corrected chi connectivity index (χ0v) is 30.0. The van der Waals surface area contributed by atoms with Crippen molar-refractivity contribution in [3.8, 4) is 33.4 Å². The van der Waals surface area contributed by atoms with E-state index in [1.54, 1.807) is 0 Å². The van der Waals surface area contributed by atoms with Gasteiger partial charge in [-0.1, -0.05) is 182 Å². The topological polar surface area (TPSA) is 0 Å². The summed E-state index contributed by atoms with van der Waals surface area (Å²) in [5.41, 5.74) is 13.0. The van der Waals surface area contributed by atoms with Crippen molar-refractivity contribution in [2.75, 3.05) is 0 Å². The SMILES string of the molecule is c1ccc2c(c1)-c1ccccc1C21c2c(ccc3ccccc23)-c2c1c1ccc(-c3ccc4c5ccccc5c5ccccc5c4c3)cc1c1ccccc21. The Bertz CT molecular complexity index is 3410. The first-order valence-electron chi connectivity index (χ1n) is 19.4. The maximum absolute atomic E-state index is 2.48. The summed E-state index contributed by atoms with van der Waals surface area (Å²) in [5, 5.41) is 15.6. The second-order valence-corrected chi connectivity index (χ2v) is 15.5. The van der Waals surface area contributed by atoms with E-state index >= 15 is 0 Å². The summed E-state index contributed by atoms with van der Waals surface area (Å²) in [4.78, 5) is 0. The summed E-state index contributed by atoms with van der Waals surface area (Å²) in [6.45, 7) is 0. The van der Waals surface area contributed by atoms with Crippen molar-refractivity contribution in [1.29, 1.82) is 0 Å². The van der Waals surface area contributed by atoms with Crippen LogP contribution in [0.5, 0.6) is 0 Å². The van der Waals surface area contributed by atoms with Gasteiger partial charge in [0.05, 0.1) is 5.41 Å². The van der Waals surface area contributed by atoms with Crippen LogP contribution in [0.15, 0.2) is 194 Å². The molecule has 0 N–H and O–H groups in total. The molecule has 13 rings (SSSR count). The Hall–Kier alpha value is -7.02. The predicted molar refractivity (Wildman–Crippen MR) is 233 cm³/mol. The van der Waals surface area contributed by atoms with Crippen molar-refractivity contribution in [2.45, 2.75) is 5.41 Å². The molecule has 2 aliphatic carbocycles. The maximum Gasteiger partial charge on any atom is 0.0737 e. The van der Waals surface area contributed by atoms with E-state index in [-0.39, 0.29) is 0 Å². The van der Waals surface area contributed by atoms with Crippen LogP contribution in [0.2, 0.25) is 0 Å². The highest BCUT2D eigenvalue weighted by Crippen LogP contribution is 2.66. The first-order valence-corrected chi connectivity index (χ1v) is 19.4. The molecule has 0 saturated heterocycles. The van der Waals surface area contributed by atoms with Gasteiger partial charge < -0.3 is 0 Å². The molecule has 0 saturated carbocycles. The minimum absolute atomic E-state index is 0.467. The van der Waals surface area contributed by atoms with Crippen LogP contribution in [0, 0.1) is 0 Å². The molecule has 0 nitrogen and oxygen atoms in total. The van der Waals surface area contributed by atoms with Crippen LogP contribution in [-0.2, 0) is 5.41 Å². The van der Waals surface area contributed by atoms with Gasteiger partial charge in [-0.25, -0.2) is 0 Å². The highest BCUT2D eigenvalue weighted by atomic mass is 14.5. The first-order chi connectivity index (χ1) is 27.3. The average Bonchev–Trinajstić information content (AvgIpc) is 3.74. The molecule has 0 radical (unpaired) electrons.